The van der Waals surface area contributed by atoms with Crippen molar-refractivity contribution < 1.29 is 20.4 Å². The summed E-state index contributed by atoms with van der Waals surface area (Å²) in [5.41, 5.74) is 4.41. The molecule has 0 heterocycles. The van der Waals surface area contributed by atoms with E-state index in [1.54, 1.807) is 51.4 Å². The number of allylic oxidation sites excluding steroid dienone is 2. The van der Waals surface area contributed by atoms with Crippen molar-refractivity contribution in [3.63, 3.8) is 0 Å². The fourth-order valence-electron chi connectivity index (χ4n) is 7.81. The Morgan fingerprint density at radius 2 is 0.659 bits per heavy atom. The van der Waals surface area contributed by atoms with Crippen molar-refractivity contribution in [3.8, 4) is 0 Å². The molecule has 242 valence electrons. The van der Waals surface area contributed by atoms with Crippen LogP contribution in [0.3, 0.4) is 0 Å². The summed E-state index contributed by atoms with van der Waals surface area (Å²) in [5.74, 6) is 0. The topological polar surface area (TPSA) is 6.48 Å². The van der Waals surface area contributed by atoms with Crippen molar-refractivity contribution in [1.29, 1.82) is 0 Å². The summed E-state index contributed by atoms with van der Waals surface area (Å²) in [6.07, 6.45) is 43.1. The smallest absolute Gasteiger partial charge is 0.0157 e. The number of nitrogens with zero attached hydrogens (tertiary/aromatic N) is 2. The fourth-order valence-corrected chi connectivity index (χ4v) is 15.1. The molecule has 5 heteroatoms. The molecular weight excluding hydrogens is 629 g/mol. The van der Waals surface area contributed by atoms with Crippen LogP contribution in [-0.4, -0.2) is 86.0 Å². The van der Waals surface area contributed by atoms with Crippen molar-refractivity contribution >= 4 is 15.8 Å². The second-order valence-corrected chi connectivity index (χ2v) is 19.7. The first-order valence-corrected chi connectivity index (χ1v) is 21.0. The van der Waals surface area contributed by atoms with Crippen LogP contribution in [0.25, 0.3) is 0 Å². The van der Waals surface area contributed by atoms with Crippen molar-refractivity contribution in [2.45, 2.75) is 151 Å². The molecule has 0 bridgehead atoms. The maximum absolute atomic E-state index is 2.52. The quantitative estimate of drug-likeness (QED) is 0.114. The first-order chi connectivity index (χ1) is 19.5. The molecule has 0 amide bonds. The zero-order chi connectivity index (χ0) is 28.4. The molecule has 4 fully saturated rings. The molecule has 4 aliphatic rings. The fraction of sp³-hybridized carbons (Fsp3) is 0.889. The van der Waals surface area contributed by atoms with Gasteiger partial charge in [-0.15, -0.1) is 0 Å². The zero-order valence-electron chi connectivity index (χ0n) is 27.7. The molecule has 2 nitrogen and oxygen atoms in total. The predicted molar refractivity (Wildman–Crippen MR) is 186 cm³/mol. The Balaban J connectivity index is 0.000000280. The summed E-state index contributed by atoms with van der Waals surface area (Å²) in [7, 11) is 9.18. The van der Waals surface area contributed by atoms with Gasteiger partial charge in [-0.05, 0) is 115 Å². The molecule has 4 rings (SSSR count). The van der Waals surface area contributed by atoms with Gasteiger partial charge in [-0.3, -0.25) is 0 Å². The minimum absolute atomic E-state index is 0. The summed E-state index contributed by atoms with van der Waals surface area (Å²) in [5, 5.41) is 0. The molecule has 0 aliphatic heterocycles. The molecule has 0 aromatic rings. The minimum atomic E-state index is 0. The largest absolute Gasteiger partial charge is 0.306 e. The minimum Gasteiger partial charge on any atom is -0.306 e. The van der Waals surface area contributed by atoms with Gasteiger partial charge in [-0.1, -0.05) is 117 Å². The van der Waals surface area contributed by atoms with Gasteiger partial charge in [0.15, 0.2) is 0 Å². The van der Waals surface area contributed by atoms with Gasteiger partial charge in [0.25, 0.3) is 0 Å². The van der Waals surface area contributed by atoms with Crippen LogP contribution in [0.4, 0.5) is 0 Å². The van der Waals surface area contributed by atoms with E-state index in [-0.39, 0.29) is 36.3 Å². The van der Waals surface area contributed by atoms with Crippen molar-refractivity contribution in [2.75, 3.05) is 53.6 Å². The SMILES string of the molecule is CN(C)CC=CCP(C1CCCCC1)C1CCCCC1.CN(C)CC=CCP(C1CCCCC1)C1CCCCC1.[Pd]. The standard InChI is InChI=1S/2C18H34NP.Pd/c2*1-19(2)15-9-10-16-20(17-11-5-3-6-12-17)18-13-7-4-8-14-18;/h2*9-10,17-18H,3-8,11-16H2,1-2H3;. The Hall–Kier alpha value is 0.922. The van der Waals surface area contributed by atoms with Gasteiger partial charge in [0.2, 0.25) is 0 Å². The Bertz CT molecular complexity index is 579. The van der Waals surface area contributed by atoms with Crippen LogP contribution in [0.2, 0.25) is 0 Å². The summed E-state index contributed by atoms with van der Waals surface area (Å²) in [6, 6.07) is 0. The van der Waals surface area contributed by atoms with Crippen LogP contribution in [0.1, 0.15) is 128 Å². The Kier molecular flexibility index (Phi) is 21.6. The summed E-state index contributed by atoms with van der Waals surface area (Å²) in [4.78, 5) is 4.53. The molecule has 4 saturated carbocycles. The first-order valence-electron chi connectivity index (χ1n) is 17.7. The van der Waals surface area contributed by atoms with E-state index >= 15 is 0 Å². The molecule has 41 heavy (non-hydrogen) atoms. The van der Waals surface area contributed by atoms with Crippen LogP contribution in [0.5, 0.6) is 0 Å². The van der Waals surface area contributed by atoms with E-state index < -0.39 is 0 Å². The van der Waals surface area contributed by atoms with Crippen molar-refractivity contribution in [3.05, 3.63) is 24.3 Å². The third kappa shape index (κ3) is 15.7. The summed E-state index contributed by atoms with van der Waals surface area (Å²) in [6.45, 7) is 2.22. The maximum atomic E-state index is 2.52. The average molecular weight is 697 g/mol. The maximum Gasteiger partial charge on any atom is 0.0157 e. The van der Waals surface area contributed by atoms with E-state index in [2.05, 4.69) is 62.3 Å². The number of likely N-dealkylation sites (N-methyl/N-ethyl adjacent to an activating group) is 2. The monoisotopic (exact) mass is 696 g/mol. The van der Waals surface area contributed by atoms with E-state index in [0.717, 1.165) is 35.7 Å². The van der Waals surface area contributed by atoms with Crippen LogP contribution in [-0.2, 0) is 20.4 Å². The van der Waals surface area contributed by atoms with E-state index in [1.165, 1.54) is 89.4 Å². The van der Waals surface area contributed by atoms with E-state index in [4.69, 9.17) is 0 Å². The summed E-state index contributed by atoms with van der Waals surface area (Å²) >= 11 is 0. The molecule has 0 saturated heterocycles. The molecule has 0 aromatic heterocycles. The normalized spacial score (nSPS) is 22.6. The van der Waals surface area contributed by atoms with Crippen LogP contribution >= 0.6 is 15.8 Å². The molecule has 0 radical (unpaired) electrons. The average Bonchev–Trinajstić information content (AvgIpc) is 2.99. The van der Waals surface area contributed by atoms with Crippen LogP contribution < -0.4 is 0 Å². The number of hydrogen-bond donors (Lipinski definition) is 0. The van der Waals surface area contributed by atoms with Crippen LogP contribution in [0, 0.1) is 0 Å². The van der Waals surface area contributed by atoms with E-state index in [0.29, 0.717) is 0 Å². The second kappa shape index (κ2) is 23.3. The molecule has 0 spiro atoms. The van der Waals surface area contributed by atoms with Crippen LogP contribution in [0.15, 0.2) is 24.3 Å². The third-order valence-electron chi connectivity index (χ3n) is 10.1. The molecule has 0 atom stereocenters. The molecular formula is C36H68N2P2Pd. The van der Waals surface area contributed by atoms with Gasteiger partial charge in [-0.2, -0.15) is 0 Å². The van der Waals surface area contributed by atoms with Gasteiger partial charge >= 0.3 is 0 Å². The Morgan fingerprint density at radius 3 is 0.878 bits per heavy atom. The molecule has 4 aliphatic carbocycles. The predicted octanol–water partition coefficient (Wildman–Crippen LogP) is 10.5. The van der Waals surface area contributed by atoms with Crippen molar-refractivity contribution in [2.24, 2.45) is 0 Å². The Labute approximate surface area is 273 Å². The van der Waals surface area contributed by atoms with Gasteiger partial charge in [0, 0.05) is 33.5 Å². The van der Waals surface area contributed by atoms with Gasteiger partial charge < -0.3 is 9.80 Å². The van der Waals surface area contributed by atoms with E-state index in [9.17, 15) is 0 Å². The van der Waals surface area contributed by atoms with E-state index in [1.807, 2.05) is 0 Å². The van der Waals surface area contributed by atoms with Gasteiger partial charge in [-0.25, -0.2) is 0 Å². The summed E-state index contributed by atoms with van der Waals surface area (Å²) < 4.78 is 0. The molecule has 0 aromatic carbocycles. The molecule has 0 N–H and O–H groups in total. The molecule has 0 unspecified atom stereocenters. The van der Waals surface area contributed by atoms with Gasteiger partial charge in [0.05, 0.1) is 0 Å². The Morgan fingerprint density at radius 1 is 0.415 bits per heavy atom. The van der Waals surface area contributed by atoms with Gasteiger partial charge in [0.1, 0.15) is 0 Å². The number of rotatable bonds is 12. The zero-order valence-corrected chi connectivity index (χ0v) is 31.0. The number of hydrogen-bond acceptors (Lipinski definition) is 2. The van der Waals surface area contributed by atoms with Crippen molar-refractivity contribution in [1.82, 2.24) is 9.80 Å². The third-order valence-corrected chi connectivity index (χ3v) is 17.2. The second-order valence-electron chi connectivity index (χ2n) is 14.0. The first kappa shape index (κ1) is 38.1.